The van der Waals surface area contributed by atoms with E-state index in [4.69, 9.17) is 4.74 Å². The maximum absolute atomic E-state index is 12.5. The fourth-order valence-corrected chi connectivity index (χ4v) is 4.08. The van der Waals surface area contributed by atoms with E-state index in [0.717, 1.165) is 37.3 Å². The Morgan fingerprint density at radius 2 is 2.00 bits per heavy atom. The molecule has 0 aliphatic carbocycles. The van der Waals surface area contributed by atoms with Gasteiger partial charge in [-0.25, -0.2) is 0 Å². The molecule has 2 atom stereocenters. The van der Waals surface area contributed by atoms with Gasteiger partial charge >= 0.3 is 5.97 Å². The molecule has 0 aromatic heterocycles. The lowest BCUT2D eigenvalue weighted by molar-refractivity contribution is -0.154. The van der Waals surface area contributed by atoms with Gasteiger partial charge in [0, 0.05) is 24.4 Å². The number of nitrogens with zero attached hydrogens (tertiary/aromatic N) is 1. The third-order valence-electron chi connectivity index (χ3n) is 4.23. The van der Waals surface area contributed by atoms with Gasteiger partial charge in [0.1, 0.15) is 6.10 Å². The molecule has 0 spiro atoms. The summed E-state index contributed by atoms with van der Waals surface area (Å²) in [4.78, 5) is 26.6. The van der Waals surface area contributed by atoms with Crippen LogP contribution in [0.1, 0.15) is 29.6 Å². The Bertz CT molecular complexity index is 528. The van der Waals surface area contributed by atoms with Gasteiger partial charge in [-0.2, -0.15) is 11.8 Å². The van der Waals surface area contributed by atoms with E-state index in [9.17, 15) is 9.59 Å². The molecule has 1 aromatic carbocycles. The smallest absolute Gasteiger partial charge is 0.311 e. The highest BCUT2D eigenvalue weighted by atomic mass is 32.2. The van der Waals surface area contributed by atoms with Crippen molar-refractivity contribution < 1.29 is 14.3 Å². The van der Waals surface area contributed by atoms with Crippen LogP contribution in [-0.2, 0) is 9.53 Å². The Kier molecular flexibility index (Phi) is 5.03. The summed E-state index contributed by atoms with van der Waals surface area (Å²) in [5.41, 5.74) is 0.684. The topological polar surface area (TPSA) is 46.6 Å². The molecule has 0 unspecified atom stereocenters. The summed E-state index contributed by atoms with van der Waals surface area (Å²) in [7, 11) is 0. The predicted octanol–water partition coefficient (Wildman–Crippen LogP) is 2.59. The number of thioether (sulfide) groups is 1. The number of benzene rings is 1. The molecule has 2 aliphatic rings. The SMILES string of the molecule is O=C(O[C@H]1CCSC1)[C@H]1CCCN(C(=O)c2ccccc2)C1. The molecule has 0 N–H and O–H groups in total. The Morgan fingerprint density at radius 1 is 1.18 bits per heavy atom. The third-order valence-corrected chi connectivity index (χ3v) is 5.37. The first-order valence-electron chi connectivity index (χ1n) is 7.86. The van der Waals surface area contributed by atoms with E-state index in [1.165, 1.54) is 0 Å². The lowest BCUT2D eigenvalue weighted by Gasteiger charge is -2.32. The van der Waals surface area contributed by atoms with Gasteiger partial charge in [0.25, 0.3) is 5.91 Å². The van der Waals surface area contributed by atoms with Crippen LogP contribution in [-0.4, -0.2) is 47.5 Å². The molecule has 2 fully saturated rings. The second-order valence-corrected chi connectivity index (χ2v) is 7.03. The standard InChI is InChI=1S/C17H21NO3S/c19-16(13-5-2-1-3-6-13)18-9-4-7-14(11-18)17(20)21-15-8-10-22-12-15/h1-3,5-6,14-15H,4,7-12H2/t14-,15-/m0/s1. The first-order chi connectivity index (χ1) is 10.7. The summed E-state index contributed by atoms with van der Waals surface area (Å²) < 4.78 is 5.59. The summed E-state index contributed by atoms with van der Waals surface area (Å²) >= 11 is 1.83. The van der Waals surface area contributed by atoms with E-state index in [1.807, 2.05) is 42.1 Å². The fraction of sp³-hybridized carbons (Fsp3) is 0.529. The fourth-order valence-electron chi connectivity index (χ4n) is 2.98. The zero-order valence-electron chi connectivity index (χ0n) is 12.6. The number of hydrogen-bond donors (Lipinski definition) is 0. The highest BCUT2D eigenvalue weighted by Gasteiger charge is 2.31. The van der Waals surface area contributed by atoms with Crippen molar-refractivity contribution >= 4 is 23.6 Å². The van der Waals surface area contributed by atoms with Gasteiger partial charge in [0.15, 0.2) is 0 Å². The molecule has 22 heavy (non-hydrogen) atoms. The highest BCUT2D eigenvalue weighted by molar-refractivity contribution is 7.99. The van der Waals surface area contributed by atoms with Crippen LogP contribution in [0.2, 0.25) is 0 Å². The Labute approximate surface area is 135 Å². The van der Waals surface area contributed by atoms with Crippen LogP contribution in [0, 0.1) is 5.92 Å². The number of ether oxygens (including phenoxy) is 1. The van der Waals surface area contributed by atoms with Crippen LogP contribution in [0.4, 0.5) is 0 Å². The van der Waals surface area contributed by atoms with E-state index in [2.05, 4.69) is 0 Å². The number of amides is 1. The Hall–Kier alpha value is -1.49. The van der Waals surface area contributed by atoms with Gasteiger partial charge in [0.05, 0.1) is 5.92 Å². The van der Waals surface area contributed by atoms with Crippen molar-refractivity contribution in [2.75, 3.05) is 24.6 Å². The van der Waals surface area contributed by atoms with E-state index in [-0.39, 0.29) is 23.9 Å². The number of carbonyl (C=O) groups is 2. The number of hydrogen-bond acceptors (Lipinski definition) is 4. The van der Waals surface area contributed by atoms with Crippen molar-refractivity contribution in [1.82, 2.24) is 4.90 Å². The second kappa shape index (κ2) is 7.18. The van der Waals surface area contributed by atoms with Crippen LogP contribution in [0.3, 0.4) is 0 Å². The van der Waals surface area contributed by atoms with Gasteiger partial charge in [-0.1, -0.05) is 18.2 Å². The van der Waals surface area contributed by atoms with E-state index < -0.39 is 0 Å². The summed E-state index contributed by atoms with van der Waals surface area (Å²) in [5.74, 6) is 1.69. The van der Waals surface area contributed by atoms with Crippen molar-refractivity contribution in [2.45, 2.75) is 25.4 Å². The molecule has 2 aliphatic heterocycles. The quantitative estimate of drug-likeness (QED) is 0.804. The summed E-state index contributed by atoms with van der Waals surface area (Å²) in [6, 6.07) is 9.26. The molecule has 1 aromatic rings. The molecule has 0 saturated carbocycles. The van der Waals surface area contributed by atoms with E-state index in [1.54, 1.807) is 4.90 Å². The maximum Gasteiger partial charge on any atom is 0.311 e. The zero-order chi connectivity index (χ0) is 15.4. The molecule has 0 radical (unpaired) electrons. The average molecular weight is 319 g/mol. The van der Waals surface area contributed by atoms with Crippen molar-refractivity contribution in [3.05, 3.63) is 35.9 Å². The van der Waals surface area contributed by atoms with Gasteiger partial charge in [0.2, 0.25) is 0 Å². The van der Waals surface area contributed by atoms with Crippen LogP contribution in [0.25, 0.3) is 0 Å². The number of piperidine rings is 1. The highest BCUT2D eigenvalue weighted by Crippen LogP contribution is 2.24. The van der Waals surface area contributed by atoms with E-state index >= 15 is 0 Å². The van der Waals surface area contributed by atoms with Gasteiger partial charge in [-0.3, -0.25) is 9.59 Å². The number of carbonyl (C=O) groups excluding carboxylic acids is 2. The minimum absolute atomic E-state index is 0.00882. The second-order valence-electron chi connectivity index (χ2n) is 5.88. The summed E-state index contributed by atoms with van der Waals surface area (Å²) in [6.45, 7) is 1.20. The molecule has 4 nitrogen and oxygen atoms in total. The average Bonchev–Trinajstić information content (AvgIpc) is 3.08. The molecule has 2 saturated heterocycles. The minimum Gasteiger partial charge on any atom is -0.461 e. The molecule has 118 valence electrons. The molecule has 1 amide bonds. The minimum atomic E-state index is -0.174. The Balaban J connectivity index is 1.59. The van der Waals surface area contributed by atoms with E-state index in [0.29, 0.717) is 12.1 Å². The van der Waals surface area contributed by atoms with Gasteiger partial charge in [-0.15, -0.1) is 0 Å². The molecule has 3 rings (SSSR count). The monoisotopic (exact) mass is 319 g/mol. The zero-order valence-corrected chi connectivity index (χ0v) is 13.4. The van der Waals surface area contributed by atoms with Crippen molar-refractivity contribution in [1.29, 1.82) is 0 Å². The molecule has 2 heterocycles. The van der Waals surface area contributed by atoms with Crippen LogP contribution >= 0.6 is 11.8 Å². The third kappa shape index (κ3) is 3.64. The normalized spacial score (nSPS) is 25.0. The lowest BCUT2D eigenvalue weighted by atomic mass is 9.97. The molecule has 0 bridgehead atoms. The number of rotatable bonds is 3. The summed E-state index contributed by atoms with van der Waals surface area (Å²) in [6.07, 6.45) is 2.70. The van der Waals surface area contributed by atoms with Gasteiger partial charge in [-0.05, 0) is 37.1 Å². The Morgan fingerprint density at radius 3 is 2.73 bits per heavy atom. The maximum atomic E-state index is 12.5. The van der Waals surface area contributed by atoms with Crippen molar-refractivity contribution in [3.63, 3.8) is 0 Å². The lowest BCUT2D eigenvalue weighted by Crippen LogP contribution is -2.43. The van der Waals surface area contributed by atoms with Crippen molar-refractivity contribution in [2.24, 2.45) is 5.92 Å². The molecular formula is C17H21NO3S. The molecule has 5 heteroatoms. The molecular weight excluding hydrogens is 298 g/mol. The first kappa shape index (κ1) is 15.4. The number of esters is 1. The first-order valence-corrected chi connectivity index (χ1v) is 9.02. The number of likely N-dealkylation sites (tertiary alicyclic amines) is 1. The summed E-state index contributed by atoms with van der Waals surface area (Å²) in [5, 5.41) is 0. The van der Waals surface area contributed by atoms with Crippen LogP contribution < -0.4 is 0 Å². The van der Waals surface area contributed by atoms with Crippen LogP contribution in [0.15, 0.2) is 30.3 Å². The van der Waals surface area contributed by atoms with Gasteiger partial charge < -0.3 is 9.64 Å². The largest absolute Gasteiger partial charge is 0.461 e. The van der Waals surface area contributed by atoms with Crippen molar-refractivity contribution in [3.8, 4) is 0 Å². The predicted molar refractivity (Wildman–Crippen MR) is 86.9 cm³/mol. The van der Waals surface area contributed by atoms with Crippen LogP contribution in [0.5, 0.6) is 0 Å².